The highest BCUT2D eigenvalue weighted by Gasteiger charge is 2.14. The van der Waals surface area contributed by atoms with Crippen LogP contribution in [0.1, 0.15) is 37.1 Å². The molecule has 25 heavy (non-hydrogen) atoms. The maximum absolute atomic E-state index is 5.34. The van der Waals surface area contributed by atoms with E-state index in [1.807, 2.05) is 12.1 Å². The third-order valence-corrected chi connectivity index (χ3v) is 4.43. The number of nitrogens with zero attached hydrogens (tertiary/aromatic N) is 2. The van der Waals surface area contributed by atoms with Gasteiger partial charge >= 0.3 is 0 Å². The Labute approximate surface area is 166 Å². The van der Waals surface area contributed by atoms with E-state index in [0.717, 1.165) is 24.8 Å². The van der Waals surface area contributed by atoms with Crippen LogP contribution >= 0.6 is 24.0 Å². The van der Waals surface area contributed by atoms with Crippen molar-refractivity contribution in [3.63, 3.8) is 0 Å². The van der Waals surface area contributed by atoms with Crippen LogP contribution in [0.3, 0.4) is 0 Å². The van der Waals surface area contributed by atoms with Gasteiger partial charge in [0.25, 0.3) is 0 Å². The molecule has 1 aromatic heterocycles. The van der Waals surface area contributed by atoms with Gasteiger partial charge in [-0.15, -0.1) is 24.0 Å². The lowest BCUT2D eigenvalue weighted by Crippen LogP contribution is -2.38. The molecule has 6 heteroatoms. The fourth-order valence-corrected chi connectivity index (χ4v) is 3.03. The van der Waals surface area contributed by atoms with Crippen molar-refractivity contribution < 1.29 is 4.42 Å². The summed E-state index contributed by atoms with van der Waals surface area (Å²) in [6, 6.07) is 12.8. The average Bonchev–Trinajstić information content (AvgIpc) is 3.32. The first kappa shape index (κ1) is 19.6. The van der Waals surface area contributed by atoms with E-state index in [2.05, 4.69) is 51.7 Å². The Morgan fingerprint density at radius 3 is 2.72 bits per heavy atom. The number of benzene rings is 1. The molecule has 136 valence electrons. The summed E-state index contributed by atoms with van der Waals surface area (Å²) >= 11 is 0. The monoisotopic (exact) mass is 454 g/mol. The molecule has 1 fully saturated rings. The quantitative estimate of drug-likeness (QED) is 0.409. The molecule has 0 radical (unpaired) electrons. The van der Waals surface area contributed by atoms with Gasteiger partial charge in [0.05, 0.1) is 18.8 Å². The Morgan fingerprint density at radius 2 is 2.04 bits per heavy atom. The van der Waals surface area contributed by atoms with Crippen LogP contribution in [-0.4, -0.2) is 26.1 Å². The maximum Gasteiger partial charge on any atom is 0.191 e. The number of rotatable bonds is 5. The minimum Gasteiger partial charge on any atom is -0.467 e. The largest absolute Gasteiger partial charge is 0.467 e. The number of hydrogen-bond donors (Lipinski definition) is 2. The molecule has 0 spiro atoms. The smallest absolute Gasteiger partial charge is 0.191 e. The van der Waals surface area contributed by atoms with Crippen molar-refractivity contribution in [1.82, 2.24) is 10.6 Å². The highest BCUT2D eigenvalue weighted by molar-refractivity contribution is 14.0. The second-order valence-electron chi connectivity index (χ2n) is 6.16. The Bertz CT molecular complexity index is 666. The van der Waals surface area contributed by atoms with E-state index in [1.54, 1.807) is 13.3 Å². The summed E-state index contributed by atoms with van der Waals surface area (Å²) in [5.41, 5.74) is 2.58. The summed E-state index contributed by atoms with van der Waals surface area (Å²) in [4.78, 5) is 6.75. The first-order valence-electron chi connectivity index (χ1n) is 8.61. The third-order valence-electron chi connectivity index (χ3n) is 4.43. The van der Waals surface area contributed by atoms with Crippen LogP contribution in [0, 0.1) is 0 Å². The third kappa shape index (κ3) is 5.39. The van der Waals surface area contributed by atoms with Crippen LogP contribution < -0.4 is 15.5 Å². The van der Waals surface area contributed by atoms with Gasteiger partial charge in [0, 0.05) is 25.8 Å². The predicted octanol–water partition coefficient (Wildman–Crippen LogP) is 3.92. The van der Waals surface area contributed by atoms with E-state index >= 15 is 0 Å². The van der Waals surface area contributed by atoms with Gasteiger partial charge in [0.1, 0.15) is 5.76 Å². The summed E-state index contributed by atoms with van der Waals surface area (Å²) < 4.78 is 5.34. The average molecular weight is 454 g/mol. The molecule has 1 unspecified atom stereocenters. The molecule has 2 heterocycles. The molecule has 0 amide bonds. The van der Waals surface area contributed by atoms with Crippen molar-refractivity contribution in [3.8, 4) is 0 Å². The second-order valence-corrected chi connectivity index (χ2v) is 6.16. The van der Waals surface area contributed by atoms with Crippen LogP contribution in [0.5, 0.6) is 0 Å². The number of anilines is 1. The lowest BCUT2D eigenvalue weighted by atomic mass is 10.1. The zero-order valence-corrected chi connectivity index (χ0v) is 17.2. The fraction of sp³-hybridized carbons (Fsp3) is 0.421. The Balaban J connectivity index is 0.00000225. The van der Waals surface area contributed by atoms with Crippen molar-refractivity contribution in [1.29, 1.82) is 0 Å². The molecule has 0 bridgehead atoms. The van der Waals surface area contributed by atoms with Gasteiger partial charge in [-0.2, -0.15) is 0 Å². The second kappa shape index (κ2) is 9.70. The molecule has 1 aromatic carbocycles. The number of guanidine groups is 1. The van der Waals surface area contributed by atoms with Crippen molar-refractivity contribution in [2.45, 2.75) is 32.4 Å². The molecule has 2 N–H and O–H groups in total. The van der Waals surface area contributed by atoms with Gasteiger partial charge in [0.2, 0.25) is 0 Å². The highest BCUT2D eigenvalue weighted by atomic mass is 127. The van der Waals surface area contributed by atoms with Gasteiger partial charge in [-0.25, -0.2) is 0 Å². The van der Waals surface area contributed by atoms with Crippen molar-refractivity contribution in [2.24, 2.45) is 4.99 Å². The van der Waals surface area contributed by atoms with E-state index in [4.69, 9.17) is 4.42 Å². The zero-order chi connectivity index (χ0) is 16.8. The van der Waals surface area contributed by atoms with Crippen LogP contribution in [-0.2, 0) is 6.54 Å². The van der Waals surface area contributed by atoms with Crippen LogP contribution in [0.25, 0.3) is 0 Å². The zero-order valence-electron chi connectivity index (χ0n) is 14.9. The molecule has 0 saturated carbocycles. The first-order chi connectivity index (χ1) is 11.8. The molecule has 1 aliphatic rings. The lowest BCUT2D eigenvalue weighted by molar-refractivity contribution is 0.500. The fourth-order valence-electron chi connectivity index (χ4n) is 3.03. The number of hydrogen-bond acceptors (Lipinski definition) is 3. The Kier molecular flexibility index (Phi) is 7.61. The van der Waals surface area contributed by atoms with Crippen molar-refractivity contribution >= 4 is 35.6 Å². The molecule has 5 nitrogen and oxygen atoms in total. The molecule has 1 atom stereocenters. The topological polar surface area (TPSA) is 52.8 Å². The van der Waals surface area contributed by atoms with Crippen molar-refractivity contribution in [3.05, 3.63) is 54.0 Å². The van der Waals surface area contributed by atoms with Gasteiger partial charge in [0.15, 0.2) is 5.96 Å². The molecule has 0 aliphatic carbocycles. The summed E-state index contributed by atoms with van der Waals surface area (Å²) in [6.07, 6.45) is 4.27. The molecule has 3 rings (SSSR count). The van der Waals surface area contributed by atoms with Crippen molar-refractivity contribution in [2.75, 3.05) is 25.0 Å². The molecular weight excluding hydrogens is 427 g/mol. The van der Waals surface area contributed by atoms with Crippen LogP contribution in [0.15, 0.2) is 52.1 Å². The van der Waals surface area contributed by atoms with E-state index in [-0.39, 0.29) is 30.0 Å². The summed E-state index contributed by atoms with van der Waals surface area (Å²) in [5.74, 6) is 1.66. The standard InChI is InChI=1S/C19H26N4O.HI/c1-15(22-19(20-2)21-14-18-9-6-12-24-18)16-7-5-8-17(13-16)23-10-3-4-11-23;/h5-9,12-13,15H,3-4,10-11,14H2,1-2H3,(H2,20,21,22);1H. The SMILES string of the molecule is CN=C(NCc1ccco1)NC(C)c1cccc(N2CCCC2)c1.I. The lowest BCUT2D eigenvalue weighted by Gasteiger charge is -2.22. The van der Waals surface area contributed by atoms with Gasteiger partial charge in [-0.1, -0.05) is 12.1 Å². The summed E-state index contributed by atoms with van der Waals surface area (Å²) in [5, 5.41) is 6.72. The molecule has 1 saturated heterocycles. The van der Waals surface area contributed by atoms with Gasteiger partial charge < -0.3 is 20.0 Å². The Hall–Kier alpha value is -1.70. The van der Waals surface area contributed by atoms with E-state index in [1.165, 1.54) is 24.1 Å². The number of halogens is 1. The van der Waals surface area contributed by atoms with E-state index in [0.29, 0.717) is 6.54 Å². The van der Waals surface area contributed by atoms with Crippen LogP contribution in [0.2, 0.25) is 0 Å². The first-order valence-corrected chi connectivity index (χ1v) is 8.61. The summed E-state index contributed by atoms with van der Waals surface area (Å²) in [6.45, 7) is 5.10. The van der Waals surface area contributed by atoms with E-state index in [9.17, 15) is 0 Å². The molecular formula is C19H27IN4O. The molecule has 2 aromatic rings. The minimum atomic E-state index is 0. The molecule has 1 aliphatic heterocycles. The number of furan rings is 1. The van der Waals surface area contributed by atoms with Crippen LogP contribution in [0.4, 0.5) is 5.69 Å². The van der Waals surface area contributed by atoms with Gasteiger partial charge in [-0.3, -0.25) is 4.99 Å². The number of aliphatic imine (C=N–C) groups is 1. The minimum absolute atomic E-state index is 0. The highest BCUT2D eigenvalue weighted by Crippen LogP contribution is 2.23. The number of nitrogens with one attached hydrogen (secondary N) is 2. The normalized spacial score (nSPS) is 15.6. The maximum atomic E-state index is 5.34. The summed E-state index contributed by atoms with van der Waals surface area (Å²) in [7, 11) is 1.78. The van der Waals surface area contributed by atoms with E-state index < -0.39 is 0 Å². The Morgan fingerprint density at radius 1 is 1.24 bits per heavy atom. The van der Waals surface area contributed by atoms with Gasteiger partial charge in [-0.05, 0) is 49.6 Å². The predicted molar refractivity (Wildman–Crippen MR) is 114 cm³/mol.